The summed E-state index contributed by atoms with van der Waals surface area (Å²) in [5.41, 5.74) is 1.08. The van der Waals surface area contributed by atoms with Gasteiger partial charge in [0, 0.05) is 37.7 Å². The normalized spacial score (nSPS) is 15.2. The molecule has 1 aromatic rings. The Kier molecular flexibility index (Phi) is 5.40. The summed E-state index contributed by atoms with van der Waals surface area (Å²) in [5, 5.41) is 3.87. The van der Waals surface area contributed by atoms with Crippen LogP contribution in [-0.2, 0) is 11.3 Å². The van der Waals surface area contributed by atoms with Gasteiger partial charge in [0.2, 0.25) is 5.91 Å². The van der Waals surface area contributed by atoms with E-state index in [1.807, 2.05) is 43.3 Å². The van der Waals surface area contributed by atoms with Crippen molar-refractivity contribution in [3.8, 4) is 0 Å². The van der Waals surface area contributed by atoms with Crippen LogP contribution >= 0.6 is 11.6 Å². The molecule has 0 atom stereocenters. The van der Waals surface area contributed by atoms with Crippen molar-refractivity contribution in [1.29, 1.82) is 0 Å². The van der Waals surface area contributed by atoms with Gasteiger partial charge in [0.25, 0.3) is 0 Å². The maximum atomic E-state index is 12.5. The quantitative estimate of drug-likeness (QED) is 0.863. The Hall–Kier alpha value is -1.10. The van der Waals surface area contributed by atoms with E-state index in [9.17, 15) is 4.79 Å². The zero-order valence-corrected chi connectivity index (χ0v) is 12.9. The topological polar surface area (TPSA) is 35.6 Å². The number of halogens is 1. The first-order valence-corrected chi connectivity index (χ1v) is 7.32. The SMILES string of the molecule is CN(C)CCN(Cc1cccc(Cl)c1)C(=O)C1CNC1. The van der Waals surface area contributed by atoms with E-state index >= 15 is 0 Å². The Balaban J connectivity index is 2.02. The van der Waals surface area contributed by atoms with Crippen LogP contribution in [0.5, 0.6) is 0 Å². The van der Waals surface area contributed by atoms with E-state index in [4.69, 9.17) is 11.6 Å². The van der Waals surface area contributed by atoms with E-state index in [0.29, 0.717) is 11.6 Å². The number of rotatable bonds is 6. The minimum Gasteiger partial charge on any atom is -0.337 e. The molecule has 0 bridgehead atoms. The van der Waals surface area contributed by atoms with Crippen molar-refractivity contribution < 1.29 is 4.79 Å². The summed E-state index contributed by atoms with van der Waals surface area (Å²) in [4.78, 5) is 16.5. The summed E-state index contributed by atoms with van der Waals surface area (Å²) in [6, 6.07) is 7.72. The number of likely N-dealkylation sites (N-methyl/N-ethyl adjacent to an activating group) is 1. The zero-order valence-electron chi connectivity index (χ0n) is 12.1. The second-order valence-electron chi connectivity index (χ2n) is 5.55. The monoisotopic (exact) mass is 295 g/mol. The number of carbonyl (C=O) groups excluding carboxylic acids is 1. The van der Waals surface area contributed by atoms with Crippen molar-refractivity contribution in [2.75, 3.05) is 40.3 Å². The lowest BCUT2D eigenvalue weighted by Gasteiger charge is -2.33. The standard InChI is InChI=1S/C15H22ClN3O/c1-18(2)6-7-19(15(20)13-9-17-10-13)11-12-4-3-5-14(16)8-12/h3-5,8,13,17H,6-7,9-11H2,1-2H3. The van der Waals surface area contributed by atoms with Gasteiger partial charge in [-0.3, -0.25) is 4.79 Å². The van der Waals surface area contributed by atoms with Gasteiger partial charge in [0.05, 0.1) is 5.92 Å². The van der Waals surface area contributed by atoms with Gasteiger partial charge < -0.3 is 15.1 Å². The molecule has 20 heavy (non-hydrogen) atoms. The zero-order chi connectivity index (χ0) is 14.5. The molecule has 1 aromatic carbocycles. The van der Waals surface area contributed by atoms with Crippen LogP contribution in [0.1, 0.15) is 5.56 Å². The molecule has 0 saturated carbocycles. The highest BCUT2D eigenvalue weighted by atomic mass is 35.5. The van der Waals surface area contributed by atoms with Crippen molar-refractivity contribution in [2.24, 2.45) is 5.92 Å². The van der Waals surface area contributed by atoms with Crippen molar-refractivity contribution >= 4 is 17.5 Å². The molecule has 0 aliphatic carbocycles. The van der Waals surface area contributed by atoms with Gasteiger partial charge in [-0.2, -0.15) is 0 Å². The Morgan fingerprint density at radius 2 is 2.10 bits per heavy atom. The van der Waals surface area contributed by atoms with Gasteiger partial charge in [0.15, 0.2) is 0 Å². The molecular formula is C15H22ClN3O. The minimum absolute atomic E-state index is 0.136. The van der Waals surface area contributed by atoms with Crippen LogP contribution in [0.4, 0.5) is 0 Å². The van der Waals surface area contributed by atoms with E-state index in [1.54, 1.807) is 0 Å². The molecular weight excluding hydrogens is 274 g/mol. The van der Waals surface area contributed by atoms with Gasteiger partial charge in [0.1, 0.15) is 0 Å². The number of amides is 1. The fraction of sp³-hybridized carbons (Fsp3) is 0.533. The molecule has 5 heteroatoms. The van der Waals surface area contributed by atoms with Crippen LogP contribution in [0.3, 0.4) is 0 Å². The molecule has 1 heterocycles. The van der Waals surface area contributed by atoms with Gasteiger partial charge in [-0.15, -0.1) is 0 Å². The van der Waals surface area contributed by atoms with E-state index in [1.165, 1.54) is 0 Å². The molecule has 110 valence electrons. The van der Waals surface area contributed by atoms with Crippen molar-refractivity contribution in [3.05, 3.63) is 34.9 Å². The Labute approximate surface area is 125 Å². The molecule has 0 spiro atoms. The van der Waals surface area contributed by atoms with Crippen molar-refractivity contribution in [1.82, 2.24) is 15.1 Å². The lowest BCUT2D eigenvalue weighted by Crippen LogP contribution is -2.52. The van der Waals surface area contributed by atoms with Crippen LogP contribution in [0.2, 0.25) is 5.02 Å². The molecule has 0 radical (unpaired) electrons. The van der Waals surface area contributed by atoms with E-state index in [-0.39, 0.29) is 11.8 Å². The third-order valence-corrected chi connectivity index (χ3v) is 3.76. The molecule has 1 aliphatic rings. The highest BCUT2D eigenvalue weighted by Gasteiger charge is 2.29. The second kappa shape index (κ2) is 7.07. The lowest BCUT2D eigenvalue weighted by atomic mass is 10.0. The average Bonchev–Trinajstić information content (AvgIpc) is 2.32. The van der Waals surface area contributed by atoms with Crippen LogP contribution in [0.15, 0.2) is 24.3 Å². The first kappa shape index (κ1) is 15.3. The smallest absolute Gasteiger partial charge is 0.228 e. The fourth-order valence-electron chi connectivity index (χ4n) is 2.17. The molecule has 4 nitrogen and oxygen atoms in total. The predicted octanol–water partition coefficient (Wildman–Crippen LogP) is 1.45. The van der Waals surface area contributed by atoms with Gasteiger partial charge in [-0.25, -0.2) is 0 Å². The summed E-state index contributed by atoms with van der Waals surface area (Å²) >= 11 is 6.01. The van der Waals surface area contributed by atoms with Gasteiger partial charge >= 0.3 is 0 Å². The molecule has 1 fully saturated rings. The molecule has 2 rings (SSSR count). The van der Waals surface area contributed by atoms with E-state index in [0.717, 1.165) is 31.7 Å². The van der Waals surface area contributed by atoms with Crippen molar-refractivity contribution in [3.63, 3.8) is 0 Å². The third-order valence-electron chi connectivity index (χ3n) is 3.52. The number of hydrogen-bond donors (Lipinski definition) is 1. The van der Waals surface area contributed by atoms with E-state index < -0.39 is 0 Å². The van der Waals surface area contributed by atoms with Crippen molar-refractivity contribution in [2.45, 2.75) is 6.54 Å². The highest BCUT2D eigenvalue weighted by Crippen LogP contribution is 2.15. The van der Waals surface area contributed by atoms with Crippen LogP contribution in [-0.4, -0.2) is 56.0 Å². The number of nitrogens with zero attached hydrogens (tertiary/aromatic N) is 2. The summed E-state index contributed by atoms with van der Waals surface area (Å²) in [5.74, 6) is 0.377. The molecule has 0 aromatic heterocycles. The van der Waals surface area contributed by atoms with Crippen LogP contribution in [0, 0.1) is 5.92 Å². The predicted molar refractivity (Wildman–Crippen MR) is 81.8 cm³/mol. The summed E-state index contributed by atoms with van der Waals surface area (Å²) in [6.45, 7) is 3.84. The average molecular weight is 296 g/mol. The fourth-order valence-corrected chi connectivity index (χ4v) is 2.38. The second-order valence-corrected chi connectivity index (χ2v) is 5.98. The number of benzene rings is 1. The molecule has 0 unspecified atom stereocenters. The summed E-state index contributed by atoms with van der Waals surface area (Å²) in [7, 11) is 4.04. The van der Waals surface area contributed by atoms with Crippen LogP contribution < -0.4 is 5.32 Å². The van der Waals surface area contributed by atoms with Gasteiger partial charge in [-0.1, -0.05) is 23.7 Å². The summed E-state index contributed by atoms with van der Waals surface area (Å²) in [6.07, 6.45) is 0. The third kappa shape index (κ3) is 4.20. The highest BCUT2D eigenvalue weighted by molar-refractivity contribution is 6.30. The van der Waals surface area contributed by atoms with Crippen LogP contribution in [0.25, 0.3) is 0 Å². The minimum atomic E-state index is 0.136. The maximum absolute atomic E-state index is 12.5. The first-order valence-electron chi connectivity index (χ1n) is 6.95. The first-order chi connectivity index (χ1) is 9.56. The Morgan fingerprint density at radius 1 is 1.35 bits per heavy atom. The van der Waals surface area contributed by atoms with Gasteiger partial charge in [-0.05, 0) is 31.8 Å². The largest absolute Gasteiger partial charge is 0.337 e. The maximum Gasteiger partial charge on any atom is 0.228 e. The molecule has 1 saturated heterocycles. The summed E-state index contributed by atoms with van der Waals surface area (Å²) < 4.78 is 0. The molecule has 1 amide bonds. The number of carbonyl (C=O) groups is 1. The lowest BCUT2D eigenvalue weighted by molar-refractivity contribution is -0.137. The Bertz CT molecular complexity index is 460. The van der Waals surface area contributed by atoms with E-state index in [2.05, 4.69) is 10.2 Å². The Morgan fingerprint density at radius 3 is 2.65 bits per heavy atom. The number of hydrogen-bond acceptors (Lipinski definition) is 3. The molecule has 1 N–H and O–H groups in total. The number of nitrogens with one attached hydrogen (secondary N) is 1. The molecule has 1 aliphatic heterocycles.